The Labute approximate surface area is 151 Å². The molecule has 1 saturated heterocycles. The lowest BCUT2D eigenvalue weighted by Gasteiger charge is -2.38. The topological polar surface area (TPSA) is 62.2 Å². The molecule has 24 heavy (non-hydrogen) atoms. The Balaban J connectivity index is 0.00000288. The van der Waals surface area contributed by atoms with E-state index >= 15 is 0 Å². The summed E-state index contributed by atoms with van der Waals surface area (Å²) in [6.45, 7) is 11.2. The van der Waals surface area contributed by atoms with Gasteiger partial charge >= 0.3 is 7.12 Å². The third-order valence-electron chi connectivity index (χ3n) is 4.65. The monoisotopic (exact) mass is 357 g/mol. The SMILES string of the molecule is CC(C)(O)C(C)(C)OB(O)c1ccc(CN2CCOCC2)cc1.Cl. The van der Waals surface area contributed by atoms with E-state index in [4.69, 9.17) is 9.39 Å². The first-order valence-corrected chi connectivity index (χ1v) is 8.16. The van der Waals surface area contributed by atoms with Gasteiger partial charge < -0.3 is 19.5 Å². The molecule has 136 valence electrons. The highest BCUT2D eigenvalue weighted by Gasteiger charge is 2.39. The van der Waals surface area contributed by atoms with Gasteiger partial charge in [0.05, 0.1) is 24.4 Å². The summed E-state index contributed by atoms with van der Waals surface area (Å²) < 4.78 is 11.0. The molecule has 0 atom stereocenters. The molecule has 0 radical (unpaired) electrons. The maximum absolute atomic E-state index is 10.3. The molecule has 0 saturated carbocycles. The number of aliphatic hydroxyl groups is 1. The van der Waals surface area contributed by atoms with Gasteiger partial charge in [-0.25, -0.2) is 0 Å². The number of halogens is 1. The Morgan fingerprint density at radius 2 is 1.67 bits per heavy atom. The summed E-state index contributed by atoms with van der Waals surface area (Å²) in [7, 11) is -1.06. The van der Waals surface area contributed by atoms with Crippen molar-refractivity contribution in [3.63, 3.8) is 0 Å². The van der Waals surface area contributed by atoms with Gasteiger partial charge in [-0.15, -0.1) is 12.4 Å². The molecule has 2 rings (SSSR count). The van der Waals surface area contributed by atoms with Gasteiger partial charge in [0.15, 0.2) is 0 Å². The van der Waals surface area contributed by atoms with Crippen molar-refractivity contribution < 1.29 is 19.5 Å². The fourth-order valence-electron chi connectivity index (χ4n) is 2.30. The van der Waals surface area contributed by atoms with E-state index in [-0.39, 0.29) is 12.4 Å². The van der Waals surface area contributed by atoms with Crippen molar-refractivity contribution >= 4 is 25.0 Å². The second-order valence-corrected chi connectivity index (χ2v) is 7.17. The van der Waals surface area contributed by atoms with E-state index in [1.165, 1.54) is 5.56 Å². The number of rotatable bonds is 6. The highest BCUT2D eigenvalue weighted by molar-refractivity contribution is 6.60. The van der Waals surface area contributed by atoms with Gasteiger partial charge in [-0.1, -0.05) is 24.3 Å². The van der Waals surface area contributed by atoms with Crippen LogP contribution >= 0.6 is 12.4 Å². The maximum Gasteiger partial charge on any atom is 0.491 e. The van der Waals surface area contributed by atoms with Crippen LogP contribution < -0.4 is 5.46 Å². The minimum atomic E-state index is -1.06. The average molecular weight is 358 g/mol. The summed E-state index contributed by atoms with van der Waals surface area (Å²) in [6, 6.07) is 7.77. The molecule has 7 heteroatoms. The van der Waals surface area contributed by atoms with E-state index < -0.39 is 18.3 Å². The summed E-state index contributed by atoms with van der Waals surface area (Å²) in [6.07, 6.45) is 0. The van der Waals surface area contributed by atoms with E-state index in [1.807, 2.05) is 24.3 Å². The van der Waals surface area contributed by atoms with Gasteiger partial charge in [0.1, 0.15) is 0 Å². The van der Waals surface area contributed by atoms with Gasteiger partial charge in [0.2, 0.25) is 0 Å². The predicted molar refractivity (Wildman–Crippen MR) is 98.9 cm³/mol. The first-order chi connectivity index (χ1) is 10.7. The van der Waals surface area contributed by atoms with Crippen molar-refractivity contribution in [3.05, 3.63) is 29.8 Å². The van der Waals surface area contributed by atoms with Crippen LogP contribution in [0.1, 0.15) is 33.3 Å². The lowest BCUT2D eigenvalue weighted by atomic mass is 9.76. The molecule has 0 aliphatic carbocycles. The van der Waals surface area contributed by atoms with Crippen LogP contribution in [0.15, 0.2) is 24.3 Å². The molecule has 5 nitrogen and oxygen atoms in total. The van der Waals surface area contributed by atoms with Crippen LogP contribution in [-0.2, 0) is 15.9 Å². The Kier molecular flexibility index (Phi) is 7.72. The van der Waals surface area contributed by atoms with Crippen molar-refractivity contribution in [2.45, 2.75) is 45.4 Å². The number of hydrogen-bond donors (Lipinski definition) is 2. The van der Waals surface area contributed by atoms with Crippen LogP contribution in [0.2, 0.25) is 0 Å². The zero-order valence-corrected chi connectivity index (χ0v) is 15.8. The average Bonchev–Trinajstić information content (AvgIpc) is 2.47. The smallest absolute Gasteiger partial charge is 0.423 e. The van der Waals surface area contributed by atoms with E-state index in [0.717, 1.165) is 32.8 Å². The molecule has 1 heterocycles. The minimum absolute atomic E-state index is 0. The lowest BCUT2D eigenvalue weighted by molar-refractivity contribution is -0.0982. The minimum Gasteiger partial charge on any atom is -0.423 e. The maximum atomic E-state index is 10.3. The zero-order valence-electron chi connectivity index (χ0n) is 15.0. The Hall–Kier alpha value is -0.625. The van der Waals surface area contributed by atoms with Crippen LogP contribution in [0.3, 0.4) is 0 Å². The molecule has 0 spiro atoms. The van der Waals surface area contributed by atoms with Crippen LogP contribution in [0.5, 0.6) is 0 Å². The molecule has 1 aliphatic heterocycles. The first-order valence-electron chi connectivity index (χ1n) is 8.16. The standard InChI is InChI=1S/C17H28BNO4.ClH/c1-16(2,20)17(3,4)23-18(21)15-7-5-14(6-8-15)13-19-9-11-22-12-10-19;/h5-8,20-21H,9-13H2,1-4H3;1H. The number of nitrogens with zero attached hydrogens (tertiary/aromatic N) is 1. The first kappa shape index (κ1) is 21.4. The van der Waals surface area contributed by atoms with Crippen LogP contribution in [0.4, 0.5) is 0 Å². The molecule has 1 fully saturated rings. The number of ether oxygens (including phenoxy) is 1. The van der Waals surface area contributed by atoms with Crippen LogP contribution in [-0.4, -0.2) is 59.7 Å². The largest absolute Gasteiger partial charge is 0.491 e. The molecular formula is C17H29BClNO4. The summed E-state index contributed by atoms with van der Waals surface area (Å²) >= 11 is 0. The van der Waals surface area contributed by atoms with Crippen LogP contribution in [0, 0.1) is 0 Å². The molecule has 0 aromatic heterocycles. The summed E-state index contributed by atoms with van der Waals surface area (Å²) in [4.78, 5) is 2.35. The number of morpholine rings is 1. The lowest BCUT2D eigenvalue weighted by Crippen LogP contribution is -2.53. The molecule has 1 aliphatic rings. The van der Waals surface area contributed by atoms with E-state index in [9.17, 15) is 10.1 Å². The summed E-state index contributed by atoms with van der Waals surface area (Å²) in [5, 5.41) is 20.4. The molecule has 0 amide bonds. The highest BCUT2D eigenvalue weighted by Crippen LogP contribution is 2.25. The molecule has 1 aromatic carbocycles. The van der Waals surface area contributed by atoms with E-state index in [2.05, 4.69) is 4.90 Å². The van der Waals surface area contributed by atoms with Gasteiger partial charge in [0, 0.05) is 19.6 Å². The van der Waals surface area contributed by atoms with Crippen molar-refractivity contribution in [3.8, 4) is 0 Å². The number of hydrogen-bond acceptors (Lipinski definition) is 5. The second-order valence-electron chi connectivity index (χ2n) is 7.17. The quantitative estimate of drug-likeness (QED) is 0.749. The highest BCUT2D eigenvalue weighted by atomic mass is 35.5. The zero-order chi connectivity index (χ0) is 17.1. The molecular weight excluding hydrogens is 328 g/mol. The fourth-order valence-corrected chi connectivity index (χ4v) is 2.30. The van der Waals surface area contributed by atoms with Gasteiger partial charge in [-0.05, 0) is 38.7 Å². The predicted octanol–water partition coefficient (Wildman–Crippen LogP) is 1.19. The Morgan fingerprint density at radius 3 is 2.17 bits per heavy atom. The van der Waals surface area contributed by atoms with Gasteiger partial charge in [-0.2, -0.15) is 0 Å². The van der Waals surface area contributed by atoms with E-state index in [0.29, 0.717) is 5.46 Å². The third-order valence-corrected chi connectivity index (χ3v) is 4.65. The van der Waals surface area contributed by atoms with Crippen molar-refractivity contribution in [1.29, 1.82) is 0 Å². The van der Waals surface area contributed by atoms with Crippen LogP contribution in [0.25, 0.3) is 0 Å². The number of benzene rings is 1. The van der Waals surface area contributed by atoms with E-state index in [1.54, 1.807) is 27.7 Å². The normalized spacial score (nSPS) is 16.6. The molecule has 0 bridgehead atoms. The third kappa shape index (κ3) is 5.72. The second kappa shape index (κ2) is 8.65. The Bertz CT molecular complexity index is 498. The summed E-state index contributed by atoms with van der Waals surface area (Å²) in [5.41, 5.74) is -0.0268. The fraction of sp³-hybridized carbons (Fsp3) is 0.647. The molecule has 0 unspecified atom stereocenters. The van der Waals surface area contributed by atoms with Gasteiger partial charge in [-0.3, -0.25) is 4.90 Å². The van der Waals surface area contributed by atoms with Crippen molar-refractivity contribution in [2.24, 2.45) is 0 Å². The molecule has 1 aromatic rings. The van der Waals surface area contributed by atoms with Gasteiger partial charge in [0.25, 0.3) is 0 Å². The Morgan fingerprint density at radius 1 is 1.12 bits per heavy atom. The summed E-state index contributed by atoms with van der Waals surface area (Å²) in [5.74, 6) is 0. The van der Waals surface area contributed by atoms with Crippen molar-refractivity contribution in [2.75, 3.05) is 26.3 Å². The molecule has 2 N–H and O–H groups in total. The van der Waals surface area contributed by atoms with Crippen molar-refractivity contribution in [1.82, 2.24) is 4.90 Å².